The van der Waals surface area contributed by atoms with Gasteiger partial charge in [0.15, 0.2) is 0 Å². The number of hydrogen-bond acceptors (Lipinski definition) is 7. The van der Waals surface area contributed by atoms with E-state index in [0.717, 1.165) is 34.7 Å². The van der Waals surface area contributed by atoms with Crippen LogP contribution in [0.2, 0.25) is 0 Å². The van der Waals surface area contributed by atoms with Crippen molar-refractivity contribution in [2.45, 2.75) is 57.6 Å². The molecule has 11 heteroatoms. The zero-order valence-electron chi connectivity index (χ0n) is 27.0. The van der Waals surface area contributed by atoms with E-state index in [9.17, 15) is 21.6 Å². The Hall–Kier alpha value is -4.63. The molecule has 1 aliphatic rings. The van der Waals surface area contributed by atoms with Crippen LogP contribution >= 0.6 is 0 Å². The first kappa shape index (κ1) is 34.7. The second kappa shape index (κ2) is 14.2. The van der Waals surface area contributed by atoms with Crippen molar-refractivity contribution in [2.24, 2.45) is 5.14 Å². The standard InChI is InChI=1S/C37H38N2O7S2/c1-4-5-9-27-12-14-28(15-13-27)16-17-29-18-20-30(21-19-29)25-39(32-22-23-34-33(24-32)36(40)46-37(2,3)45-34)47(41,42)26-35(48(38,43)44)31-10-7-6-8-11-31/h6-8,10-15,18-24,35H,4-5,9,25-26H2,1-3H3,(H2,38,43,44). The van der Waals surface area contributed by atoms with E-state index in [1.165, 1.54) is 35.9 Å². The molecule has 1 heterocycles. The van der Waals surface area contributed by atoms with E-state index in [4.69, 9.17) is 14.6 Å². The summed E-state index contributed by atoms with van der Waals surface area (Å²) in [6.07, 6.45) is 3.32. The predicted molar refractivity (Wildman–Crippen MR) is 186 cm³/mol. The van der Waals surface area contributed by atoms with Gasteiger partial charge in [0.1, 0.15) is 16.6 Å². The molecule has 48 heavy (non-hydrogen) atoms. The van der Waals surface area contributed by atoms with E-state index in [1.54, 1.807) is 56.3 Å². The van der Waals surface area contributed by atoms with E-state index < -0.39 is 42.8 Å². The van der Waals surface area contributed by atoms with Crippen LogP contribution < -0.4 is 14.2 Å². The molecule has 0 fully saturated rings. The van der Waals surface area contributed by atoms with Crippen molar-refractivity contribution in [3.05, 3.63) is 130 Å². The summed E-state index contributed by atoms with van der Waals surface area (Å²) in [7, 11) is -8.72. The molecular weight excluding hydrogens is 649 g/mol. The molecule has 1 unspecified atom stereocenters. The maximum absolute atomic E-state index is 14.2. The zero-order valence-corrected chi connectivity index (χ0v) is 28.7. The van der Waals surface area contributed by atoms with Crippen LogP contribution in [-0.4, -0.2) is 34.3 Å². The lowest BCUT2D eigenvalue weighted by atomic mass is 10.1. The van der Waals surface area contributed by atoms with Gasteiger partial charge in [0, 0.05) is 25.0 Å². The van der Waals surface area contributed by atoms with Crippen molar-refractivity contribution in [3.8, 4) is 17.6 Å². The SMILES string of the molecule is CCCCc1ccc(C#Cc2ccc(CN(c3ccc4c(c3)C(=O)OC(C)(C)O4)S(=O)(=O)CC(c3ccccc3)S(N)(=O)=O)cc2)cc1. The smallest absolute Gasteiger partial charge is 0.345 e. The van der Waals surface area contributed by atoms with Gasteiger partial charge in [0.2, 0.25) is 25.8 Å². The number of rotatable bonds is 11. The first-order valence-electron chi connectivity index (χ1n) is 15.6. The molecule has 2 N–H and O–H groups in total. The minimum absolute atomic E-state index is 0.0436. The molecule has 0 aromatic heterocycles. The second-order valence-electron chi connectivity index (χ2n) is 12.1. The van der Waals surface area contributed by atoms with Gasteiger partial charge in [-0.1, -0.05) is 79.8 Å². The second-order valence-corrected chi connectivity index (χ2v) is 15.8. The molecular formula is C37H38N2O7S2. The average Bonchev–Trinajstić information content (AvgIpc) is 3.04. The third kappa shape index (κ3) is 8.63. The number of anilines is 1. The van der Waals surface area contributed by atoms with Crippen LogP contribution in [0.5, 0.6) is 5.75 Å². The van der Waals surface area contributed by atoms with Gasteiger partial charge < -0.3 is 9.47 Å². The zero-order chi connectivity index (χ0) is 34.5. The Bertz CT molecular complexity index is 2050. The number of nitrogens with two attached hydrogens (primary N) is 1. The fourth-order valence-electron chi connectivity index (χ4n) is 5.30. The van der Waals surface area contributed by atoms with E-state index in [1.807, 2.05) is 12.1 Å². The maximum atomic E-state index is 14.2. The molecule has 0 bridgehead atoms. The highest BCUT2D eigenvalue weighted by Gasteiger charge is 2.37. The molecule has 0 saturated carbocycles. The first-order chi connectivity index (χ1) is 22.7. The molecule has 0 saturated heterocycles. The number of fused-ring (bicyclic) bond motifs is 1. The predicted octanol–water partition coefficient (Wildman–Crippen LogP) is 6.08. The number of esters is 1. The third-order valence-electron chi connectivity index (χ3n) is 7.84. The molecule has 9 nitrogen and oxygen atoms in total. The molecule has 250 valence electrons. The van der Waals surface area contributed by atoms with E-state index in [0.29, 0.717) is 5.56 Å². The number of cyclic esters (lactones) is 1. The lowest BCUT2D eigenvalue weighted by molar-refractivity contribution is -0.127. The Morgan fingerprint density at radius 3 is 2.00 bits per heavy atom. The lowest BCUT2D eigenvalue weighted by Crippen LogP contribution is -2.40. The summed E-state index contributed by atoms with van der Waals surface area (Å²) in [6.45, 7) is 5.18. The fraction of sp³-hybridized carbons (Fsp3) is 0.270. The van der Waals surface area contributed by atoms with Crippen molar-refractivity contribution in [3.63, 3.8) is 0 Å². The van der Waals surface area contributed by atoms with Crippen LogP contribution in [-0.2, 0) is 37.7 Å². The molecule has 0 aliphatic carbocycles. The Labute approximate surface area is 282 Å². The van der Waals surface area contributed by atoms with Crippen molar-refractivity contribution in [1.29, 1.82) is 0 Å². The van der Waals surface area contributed by atoms with Crippen LogP contribution in [0.4, 0.5) is 5.69 Å². The van der Waals surface area contributed by atoms with Crippen LogP contribution in [0.25, 0.3) is 0 Å². The van der Waals surface area contributed by atoms with Gasteiger partial charge in [0.05, 0.1) is 18.0 Å². The van der Waals surface area contributed by atoms with Crippen LogP contribution in [0.3, 0.4) is 0 Å². The Morgan fingerprint density at radius 1 is 0.812 bits per heavy atom. The Morgan fingerprint density at radius 2 is 1.42 bits per heavy atom. The number of primary sulfonamides is 1. The number of benzene rings is 4. The van der Waals surface area contributed by atoms with Crippen LogP contribution in [0.15, 0.2) is 97.1 Å². The highest BCUT2D eigenvalue weighted by molar-refractivity contribution is 7.95. The van der Waals surface area contributed by atoms with Gasteiger partial charge in [-0.2, -0.15) is 0 Å². The highest BCUT2D eigenvalue weighted by Crippen LogP contribution is 2.36. The van der Waals surface area contributed by atoms with Gasteiger partial charge >= 0.3 is 5.97 Å². The van der Waals surface area contributed by atoms with Crippen LogP contribution in [0, 0.1) is 11.8 Å². The van der Waals surface area contributed by atoms with Gasteiger partial charge in [0.25, 0.3) is 0 Å². The van der Waals surface area contributed by atoms with E-state index >= 15 is 0 Å². The summed E-state index contributed by atoms with van der Waals surface area (Å²) in [5.74, 6) is 3.84. The van der Waals surface area contributed by atoms with Crippen molar-refractivity contribution in [1.82, 2.24) is 0 Å². The Kier molecular flexibility index (Phi) is 10.3. The van der Waals surface area contributed by atoms with Crippen molar-refractivity contribution >= 4 is 31.7 Å². The minimum Gasteiger partial charge on any atom is -0.452 e. The maximum Gasteiger partial charge on any atom is 0.345 e. The number of carbonyl (C=O) groups is 1. The Balaban J connectivity index is 1.46. The number of sulfonamides is 2. The molecule has 0 radical (unpaired) electrons. The van der Waals surface area contributed by atoms with Crippen LogP contribution in [0.1, 0.15) is 77.0 Å². The third-order valence-corrected chi connectivity index (χ3v) is 11.0. The molecule has 0 spiro atoms. The van der Waals surface area contributed by atoms with E-state index in [-0.39, 0.29) is 29.1 Å². The number of unbranched alkanes of at least 4 members (excludes halogenated alkanes) is 1. The largest absolute Gasteiger partial charge is 0.452 e. The highest BCUT2D eigenvalue weighted by atomic mass is 32.2. The topological polar surface area (TPSA) is 133 Å². The molecule has 4 aromatic carbocycles. The quantitative estimate of drug-likeness (QED) is 0.149. The number of ether oxygens (including phenoxy) is 2. The number of carbonyl (C=O) groups excluding carboxylic acids is 1. The van der Waals surface area contributed by atoms with Gasteiger partial charge in [-0.15, -0.1) is 0 Å². The normalized spacial score (nSPS) is 14.5. The fourth-order valence-corrected chi connectivity index (χ4v) is 8.65. The van der Waals surface area contributed by atoms with Gasteiger partial charge in [-0.25, -0.2) is 26.8 Å². The molecule has 1 aliphatic heterocycles. The summed E-state index contributed by atoms with van der Waals surface area (Å²) in [5, 5.41) is 4.03. The number of aryl methyl sites for hydroxylation is 1. The van der Waals surface area contributed by atoms with Crippen molar-refractivity contribution in [2.75, 3.05) is 10.1 Å². The molecule has 4 aromatic rings. The monoisotopic (exact) mass is 686 g/mol. The van der Waals surface area contributed by atoms with E-state index in [2.05, 4.69) is 30.9 Å². The first-order valence-corrected chi connectivity index (χ1v) is 18.8. The molecule has 1 atom stereocenters. The summed E-state index contributed by atoms with van der Waals surface area (Å²) in [6, 6.07) is 27.6. The van der Waals surface area contributed by atoms with Gasteiger partial charge in [-0.3, -0.25) is 4.31 Å². The summed E-state index contributed by atoms with van der Waals surface area (Å²) in [5.41, 5.74) is 3.91. The molecule has 0 amide bonds. The number of nitrogens with zero attached hydrogens (tertiary/aromatic N) is 1. The summed E-state index contributed by atoms with van der Waals surface area (Å²) in [4.78, 5) is 12.9. The van der Waals surface area contributed by atoms with Crippen molar-refractivity contribution < 1.29 is 31.1 Å². The lowest BCUT2D eigenvalue weighted by Gasteiger charge is -2.33. The summed E-state index contributed by atoms with van der Waals surface area (Å²) >= 11 is 0. The van der Waals surface area contributed by atoms with Gasteiger partial charge in [-0.05, 0) is 72.0 Å². The summed E-state index contributed by atoms with van der Waals surface area (Å²) < 4.78 is 65.9. The molecule has 5 rings (SSSR count). The number of hydrogen-bond donors (Lipinski definition) is 1. The minimum atomic E-state index is -4.38. The average molecular weight is 687 g/mol.